The first-order valence-corrected chi connectivity index (χ1v) is 5.86. The van der Waals surface area contributed by atoms with Gasteiger partial charge in [0.2, 0.25) is 0 Å². The van der Waals surface area contributed by atoms with E-state index in [9.17, 15) is 4.79 Å². The molecule has 0 saturated carbocycles. The van der Waals surface area contributed by atoms with E-state index < -0.39 is 0 Å². The summed E-state index contributed by atoms with van der Waals surface area (Å²) in [6, 6.07) is 9.63. The second kappa shape index (κ2) is 5.01. The summed E-state index contributed by atoms with van der Waals surface area (Å²) in [5, 5.41) is 2.92. The Kier molecular flexibility index (Phi) is 3.44. The molecular formula is C13H18N2O. The monoisotopic (exact) mass is 218 g/mol. The van der Waals surface area contributed by atoms with Gasteiger partial charge in [-0.15, -0.1) is 0 Å². The number of hydrogen-bond donors (Lipinski definition) is 1. The van der Waals surface area contributed by atoms with Crippen molar-refractivity contribution in [1.82, 2.24) is 4.90 Å². The molecule has 86 valence electrons. The molecule has 1 heterocycles. The Morgan fingerprint density at radius 2 is 2.12 bits per heavy atom. The Morgan fingerprint density at radius 3 is 2.81 bits per heavy atom. The largest absolute Gasteiger partial charge is 0.324 e. The zero-order chi connectivity index (χ0) is 11.4. The standard InChI is InChI=1S/C13H18N2O/c1-11-6-5-9-15(10-11)13(16)14-12-7-3-2-4-8-12/h2-4,7-8,11H,5-6,9-10H2,1H3,(H,14,16)/t11-/m1/s1. The Balaban J connectivity index is 1.93. The average molecular weight is 218 g/mol. The molecule has 3 nitrogen and oxygen atoms in total. The van der Waals surface area contributed by atoms with Crippen molar-refractivity contribution in [3.8, 4) is 0 Å². The van der Waals surface area contributed by atoms with Crippen LogP contribution in [-0.4, -0.2) is 24.0 Å². The van der Waals surface area contributed by atoms with Crippen LogP contribution in [0.5, 0.6) is 0 Å². The Labute approximate surface area is 96.5 Å². The molecule has 0 aliphatic carbocycles. The van der Waals surface area contributed by atoms with E-state index in [1.165, 1.54) is 6.42 Å². The summed E-state index contributed by atoms with van der Waals surface area (Å²) in [6.45, 7) is 3.95. The first-order valence-electron chi connectivity index (χ1n) is 5.86. The first kappa shape index (κ1) is 11.0. The minimum absolute atomic E-state index is 0.0257. The summed E-state index contributed by atoms with van der Waals surface area (Å²) in [6.07, 6.45) is 2.35. The maximum absolute atomic E-state index is 11.9. The molecule has 0 aromatic heterocycles. The van der Waals surface area contributed by atoms with Gasteiger partial charge in [0.05, 0.1) is 0 Å². The zero-order valence-corrected chi connectivity index (χ0v) is 9.65. The highest BCUT2D eigenvalue weighted by Crippen LogP contribution is 2.16. The summed E-state index contributed by atoms with van der Waals surface area (Å²) in [4.78, 5) is 13.8. The number of benzene rings is 1. The number of piperidine rings is 1. The van der Waals surface area contributed by atoms with Crippen LogP contribution in [0.4, 0.5) is 10.5 Å². The van der Waals surface area contributed by atoms with Gasteiger partial charge < -0.3 is 10.2 Å². The molecule has 1 aliphatic heterocycles. The average Bonchev–Trinajstić information content (AvgIpc) is 2.30. The normalized spacial score (nSPS) is 20.6. The number of urea groups is 1. The third kappa shape index (κ3) is 2.75. The van der Waals surface area contributed by atoms with Gasteiger partial charge in [0.25, 0.3) is 0 Å². The van der Waals surface area contributed by atoms with Gasteiger partial charge in [-0.3, -0.25) is 0 Å². The number of anilines is 1. The third-order valence-corrected chi connectivity index (χ3v) is 2.97. The van der Waals surface area contributed by atoms with E-state index in [0.29, 0.717) is 5.92 Å². The molecule has 16 heavy (non-hydrogen) atoms. The van der Waals surface area contributed by atoms with Gasteiger partial charge in [0, 0.05) is 18.8 Å². The van der Waals surface area contributed by atoms with E-state index in [2.05, 4.69) is 12.2 Å². The lowest BCUT2D eigenvalue weighted by Crippen LogP contribution is -2.41. The highest BCUT2D eigenvalue weighted by molar-refractivity contribution is 5.89. The fourth-order valence-corrected chi connectivity index (χ4v) is 2.10. The molecule has 2 amide bonds. The maximum Gasteiger partial charge on any atom is 0.321 e. The number of likely N-dealkylation sites (tertiary alicyclic amines) is 1. The van der Waals surface area contributed by atoms with Crippen molar-refractivity contribution in [2.24, 2.45) is 5.92 Å². The van der Waals surface area contributed by atoms with Crippen LogP contribution in [0.3, 0.4) is 0 Å². The molecule has 2 rings (SSSR count). The van der Waals surface area contributed by atoms with Crippen molar-refractivity contribution in [3.63, 3.8) is 0 Å². The van der Waals surface area contributed by atoms with E-state index in [0.717, 1.165) is 25.2 Å². The van der Waals surface area contributed by atoms with E-state index in [1.54, 1.807) is 0 Å². The van der Waals surface area contributed by atoms with Crippen molar-refractivity contribution in [2.45, 2.75) is 19.8 Å². The van der Waals surface area contributed by atoms with E-state index in [-0.39, 0.29) is 6.03 Å². The van der Waals surface area contributed by atoms with Crippen LogP contribution < -0.4 is 5.32 Å². The zero-order valence-electron chi connectivity index (χ0n) is 9.65. The maximum atomic E-state index is 11.9. The van der Waals surface area contributed by atoms with Crippen LogP contribution >= 0.6 is 0 Å². The summed E-state index contributed by atoms with van der Waals surface area (Å²) in [7, 11) is 0. The highest BCUT2D eigenvalue weighted by atomic mass is 16.2. The summed E-state index contributed by atoms with van der Waals surface area (Å²) in [5.41, 5.74) is 0.866. The van der Waals surface area contributed by atoms with Crippen molar-refractivity contribution < 1.29 is 4.79 Å². The number of nitrogens with one attached hydrogen (secondary N) is 1. The quantitative estimate of drug-likeness (QED) is 0.772. The van der Waals surface area contributed by atoms with Crippen molar-refractivity contribution >= 4 is 11.7 Å². The number of hydrogen-bond acceptors (Lipinski definition) is 1. The van der Waals surface area contributed by atoms with Gasteiger partial charge in [0.15, 0.2) is 0 Å². The van der Waals surface area contributed by atoms with Crippen LogP contribution in [0.25, 0.3) is 0 Å². The molecule has 0 unspecified atom stereocenters. The van der Waals surface area contributed by atoms with Crippen molar-refractivity contribution in [2.75, 3.05) is 18.4 Å². The van der Waals surface area contributed by atoms with Crippen LogP contribution in [-0.2, 0) is 0 Å². The second-order valence-corrected chi connectivity index (χ2v) is 4.49. The molecule has 3 heteroatoms. The summed E-state index contributed by atoms with van der Waals surface area (Å²) < 4.78 is 0. The number of nitrogens with zero attached hydrogens (tertiary/aromatic N) is 1. The Hall–Kier alpha value is -1.51. The molecule has 1 aliphatic rings. The topological polar surface area (TPSA) is 32.3 Å². The van der Waals surface area contributed by atoms with Gasteiger partial charge in [-0.25, -0.2) is 4.79 Å². The second-order valence-electron chi connectivity index (χ2n) is 4.49. The predicted octanol–water partition coefficient (Wildman–Crippen LogP) is 2.95. The molecular weight excluding hydrogens is 200 g/mol. The Bertz CT molecular complexity index is 350. The van der Waals surface area contributed by atoms with Crippen LogP contribution in [0, 0.1) is 5.92 Å². The number of para-hydroxylation sites is 1. The molecule has 1 aromatic rings. The van der Waals surface area contributed by atoms with Crippen LogP contribution in [0.1, 0.15) is 19.8 Å². The van der Waals surface area contributed by atoms with E-state index in [4.69, 9.17) is 0 Å². The predicted molar refractivity (Wildman–Crippen MR) is 65.4 cm³/mol. The molecule has 0 radical (unpaired) electrons. The Morgan fingerprint density at radius 1 is 1.38 bits per heavy atom. The molecule has 0 spiro atoms. The minimum Gasteiger partial charge on any atom is -0.324 e. The van der Waals surface area contributed by atoms with E-state index >= 15 is 0 Å². The first-order chi connectivity index (χ1) is 7.75. The van der Waals surface area contributed by atoms with Gasteiger partial charge in [-0.05, 0) is 30.9 Å². The lowest BCUT2D eigenvalue weighted by atomic mass is 10.0. The van der Waals surface area contributed by atoms with Gasteiger partial charge in [0.1, 0.15) is 0 Å². The fourth-order valence-electron chi connectivity index (χ4n) is 2.10. The molecule has 1 N–H and O–H groups in total. The number of carbonyl (C=O) groups excluding carboxylic acids is 1. The van der Waals surface area contributed by atoms with Crippen LogP contribution in [0.2, 0.25) is 0 Å². The van der Waals surface area contributed by atoms with Crippen molar-refractivity contribution in [3.05, 3.63) is 30.3 Å². The van der Waals surface area contributed by atoms with Gasteiger partial charge in [-0.1, -0.05) is 25.1 Å². The van der Waals surface area contributed by atoms with Crippen LogP contribution in [0.15, 0.2) is 30.3 Å². The molecule has 0 bridgehead atoms. The lowest BCUT2D eigenvalue weighted by molar-refractivity contribution is 0.182. The fraction of sp³-hybridized carbons (Fsp3) is 0.462. The SMILES string of the molecule is C[C@@H]1CCCN(C(=O)Nc2ccccc2)C1. The van der Waals surface area contributed by atoms with Crippen molar-refractivity contribution in [1.29, 1.82) is 0 Å². The number of carbonyl (C=O) groups is 1. The summed E-state index contributed by atoms with van der Waals surface area (Å²) in [5.74, 6) is 0.621. The number of rotatable bonds is 1. The molecule has 1 fully saturated rings. The molecule has 1 atom stereocenters. The van der Waals surface area contributed by atoms with Gasteiger partial charge in [-0.2, -0.15) is 0 Å². The van der Waals surface area contributed by atoms with Gasteiger partial charge >= 0.3 is 6.03 Å². The lowest BCUT2D eigenvalue weighted by Gasteiger charge is -2.30. The highest BCUT2D eigenvalue weighted by Gasteiger charge is 2.20. The third-order valence-electron chi connectivity index (χ3n) is 2.97. The molecule has 1 aromatic carbocycles. The number of amides is 2. The minimum atomic E-state index is 0.0257. The van der Waals surface area contributed by atoms with E-state index in [1.807, 2.05) is 35.2 Å². The smallest absolute Gasteiger partial charge is 0.321 e. The summed E-state index contributed by atoms with van der Waals surface area (Å²) >= 11 is 0. The molecule has 1 saturated heterocycles.